The summed E-state index contributed by atoms with van der Waals surface area (Å²) in [6, 6.07) is 15.7. The average molecular weight is 581 g/mol. The van der Waals surface area contributed by atoms with Crippen molar-refractivity contribution in [2.24, 2.45) is 11.6 Å². The van der Waals surface area contributed by atoms with Gasteiger partial charge in [0.05, 0.1) is 40.6 Å². The number of amides is 1. The van der Waals surface area contributed by atoms with Crippen molar-refractivity contribution < 1.29 is 14.0 Å². The predicted molar refractivity (Wildman–Crippen MR) is 160 cm³/mol. The molecule has 0 radical (unpaired) electrons. The van der Waals surface area contributed by atoms with E-state index < -0.39 is 17.5 Å². The number of H-pyrrole nitrogens is 1. The molecule has 5 heterocycles. The average Bonchev–Trinajstić information content (AvgIpc) is 3.67. The number of Topliss-reactive ketones (excluding diaryl/α,β-unsaturated/α-hetero) is 1. The van der Waals surface area contributed by atoms with Gasteiger partial charge in [-0.3, -0.25) is 24.3 Å². The third kappa shape index (κ3) is 5.40. The molecule has 5 N–H and O–H groups in total. The minimum Gasteiger partial charge on any atom is -0.403 e. The van der Waals surface area contributed by atoms with E-state index >= 15 is 0 Å². The molecule has 0 aliphatic carbocycles. The monoisotopic (exact) mass is 580 g/mol. The number of carbonyl (C=O) groups is 2. The first kappa shape index (κ1) is 27.6. The highest BCUT2D eigenvalue weighted by molar-refractivity contribution is 6.45. The van der Waals surface area contributed by atoms with Crippen molar-refractivity contribution in [1.29, 1.82) is 0 Å². The second kappa shape index (κ2) is 11.7. The van der Waals surface area contributed by atoms with Gasteiger partial charge in [0.15, 0.2) is 11.6 Å². The van der Waals surface area contributed by atoms with Crippen LogP contribution in [0.5, 0.6) is 0 Å². The molecule has 1 amide bonds. The lowest BCUT2D eigenvalue weighted by atomic mass is 10.1. The topological polar surface area (TPSA) is 155 Å². The molecule has 43 heavy (non-hydrogen) atoms. The van der Waals surface area contributed by atoms with Crippen LogP contribution in [-0.4, -0.2) is 67.5 Å². The number of nitrogens with one attached hydrogen (secondary N) is 1. The van der Waals surface area contributed by atoms with Gasteiger partial charge in [-0.25, -0.2) is 15.2 Å². The second-order valence-electron chi connectivity index (χ2n) is 9.99. The summed E-state index contributed by atoms with van der Waals surface area (Å²) in [4.78, 5) is 41.5. The molecule has 0 unspecified atom stereocenters. The van der Waals surface area contributed by atoms with E-state index in [2.05, 4.69) is 19.9 Å². The van der Waals surface area contributed by atoms with E-state index in [0.29, 0.717) is 32.7 Å². The van der Waals surface area contributed by atoms with Gasteiger partial charge < -0.3 is 20.5 Å². The Morgan fingerprint density at radius 2 is 1.81 bits per heavy atom. The lowest BCUT2D eigenvalue weighted by Gasteiger charge is -2.35. The maximum atomic E-state index is 14.9. The molecule has 12 nitrogen and oxygen atoms in total. The number of halogens is 1. The maximum Gasteiger partial charge on any atom is 0.295 e. The van der Waals surface area contributed by atoms with Crippen molar-refractivity contribution in [3.05, 3.63) is 103 Å². The minimum absolute atomic E-state index is 0.0596. The molecule has 1 aliphatic rings. The van der Waals surface area contributed by atoms with Crippen LogP contribution in [0.2, 0.25) is 0 Å². The van der Waals surface area contributed by atoms with Crippen LogP contribution in [0.3, 0.4) is 0 Å². The summed E-state index contributed by atoms with van der Waals surface area (Å²) >= 11 is 0. The summed E-state index contributed by atoms with van der Waals surface area (Å²) in [5.41, 5.74) is 9.10. The number of fused-ring (bicyclic) bond motifs is 1. The van der Waals surface area contributed by atoms with Crippen molar-refractivity contribution in [3.63, 3.8) is 0 Å². The molecule has 4 aromatic heterocycles. The van der Waals surface area contributed by atoms with Crippen molar-refractivity contribution in [3.8, 4) is 11.3 Å². The zero-order valence-electron chi connectivity index (χ0n) is 23.1. The Morgan fingerprint density at radius 3 is 2.53 bits per heavy atom. The molecule has 218 valence electrons. The van der Waals surface area contributed by atoms with E-state index in [9.17, 15) is 14.0 Å². The van der Waals surface area contributed by atoms with E-state index in [1.807, 2.05) is 59.4 Å². The molecular weight excluding hydrogens is 551 g/mol. The molecule has 0 spiro atoms. The Morgan fingerprint density at radius 1 is 1.05 bits per heavy atom. The number of anilines is 2. The first-order valence-electron chi connectivity index (χ1n) is 13.6. The highest BCUT2D eigenvalue weighted by Gasteiger charge is 2.31. The fourth-order valence-corrected chi connectivity index (χ4v) is 5.22. The number of pyridine rings is 2. The van der Waals surface area contributed by atoms with Crippen LogP contribution in [-0.2, 0) is 11.3 Å². The zero-order chi connectivity index (χ0) is 29.9. The Balaban J connectivity index is 1.21. The number of aromatic nitrogens is 5. The smallest absolute Gasteiger partial charge is 0.295 e. The number of aromatic amines is 1. The molecule has 1 fully saturated rings. The summed E-state index contributed by atoms with van der Waals surface area (Å²) in [5.74, 6) is 3.79. The Hall–Kier alpha value is -5.56. The largest absolute Gasteiger partial charge is 0.403 e. The third-order valence-electron chi connectivity index (χ3n) is 7.32. The fourth-order valence-electron chi connectivity index (χ4n) is 5.22. The Bertz CT molecular complexity index is 1790. The molecule has 0 atom stereocenters. The van der Waals surface area contributed by atoms with Gasteiger partial charge >= 0.3 is 0 Å². The fraction of sp³-hybridized carbons (Fsp3) is 0.167. The van der Waals surface area contributed by atoms with Gasteiger partial charge in [-0.05, 0) is 12.1 Å². The van der Waals surface area contributed by atoms with Gasteiger partial charge in [0.25, 0.3) is 11.7 Å². The van der Waals surface area contributed by atoms with Crippen molar-refractivity contribution >= 4 is 34.1 Å². The predicted octanol–water partition coefficient (Wildman–Crippen LogP) is 2.65. The van der Waals surface area contributed by atoms with E-state index in [1.54, 1.807) is 6.20 Å². The third-order valence-corrected chi connectivity index (χ3v) is 7.32. The van der Waals surface area contributed by atoms with Crippen LogP contribution in [0.25, 0.3) is 22.2 Å². The minimum atomic E-state index is -0.818. The SMILES string of the molecule is N/C=C\N(N)c1ncc(F)c2c(C(=O)C(=O)N3CCN(c4cn(Cc5ccccn5)nc4-c4ccccc4)CC3)c[nH]c12. The first-order chi connectivity index (χ1) is 20.9. The summed E-state index contributed by atoms with van der Waals surface area (Å²) in [6.45, 7) is 2.09. The number of hydrogen-bond donors (Lipinski definition) is 3. The molecule has 1 aromatic carbocycles. The van der Waals surface area contributed by atoms with Crippen LogP contribution >= 0.6 is 0 Å². The first-order valence-corrected chi connectivity index (χ1v) is 13.6. The quantitative estimate of drug-likeness (QED) is 0.109. The number of piperazine rings is 1. The molecule has 1 aliphatic heterocycles. The standard InChI is InChI=1S/C30H29FN10O2/c31-23-17-36-29(41(33)11-9-32)27-25(23)22(16-35-27)28(42)30(43)39-14-12-38(13-15-39)24-19-40(18-21-8-4-5-10-34-21)37-26(24)20-6-2-1-3-7-20/h1-11,16-17,19,35H,12-15,18,32-33H2/b11-9-. The van der Waals surface area contributed by atoms with Crippen LogP contribution in [0.15, 0.2) is 85.7 Å². The Labute approximate surface area is 246 Å². The highest BCUT2D eigenvalue weighted by atomic mass is 19.1. The molecular formula is C30H29FN10O2. The summed E-state index contributed by atoms with van der Waals surface area (Å²) in [6.07, 6.45) is 8.52. The number of carbonyl (C=O) groups excluding carboxylic acids is 2. The lowest BCUT2D eigenvalue weighted by molar-refractivity contribution is -0.126. The lowest BCUT2D eigenvalue weighted by Crippen LogP contribution is -2.50. The van der Waals surface area contributed by atoms with Crippen molar-refractivity contribution in [1.82, 2.24) is 29.6 Å². The van der Waals surface area contributed by atoms with Gasteiger partial charge in [-0.15, -0.1) is 0 Å². The number of ketones is 1. The molecule has 13 heteroatoms. The van der Waals surface area contributed by atoms with Crippen LogP contribution in [0.4, 0.5) is 15.9 Å². The number of hydrogen-bond acceptors (Lipinski definition) is 9. The van der Waals surface area contributed by atoms with Gasteiger partial charge in [0.1, 0.15) is 5.69 Å². The van der Waals surface area contributed by atoms with Crippen LogP contribution < -0.4 is 21.5 Å². The van der Waals surface area contributed by atoms with Gasteiger partial charge in [0, 0.05) is 62.7 Å². The maximum absolute atomic E-state index is 14.9. The van der Waals surface area contributed by atoms with Crippen molar-refractivity contribution in [2.75, 3.05) is 36.1 Å². The molecule has 0 bridgehead atoms. The van der Waals surface area contributed by atoms with E-state index in [1.165, 1.54) is 23.5 Å². The normalized spacial score (nSPS) is 13.6. The summed E-state index contributed by atoms with van der Waals surface area (Å²) in [7, 11) is 0. The van der Waals surface area contributed by atoms with E-state index in [4.69, 9.17) is 16.7 Å². The number of benzene rings is 1. The Kier molecular flexibility index (Phi) is 7.54. The van der Waals surface area contributed by atoms with Gasteiger partial charge in [-0.2, -0.15) is 5.10 Å². The van der Waals surface area contributed by atoms with Gasteiger partial charge in [0.2, 0.25) is 0 Å². The number of nitrogens with two attached hydrogens (primary N) is 2. The highest BCUT2D eigenvalue weighted by Crippen LogP contribution is 2.31. The van der Waals surface area contributed by atoms with Gasteiger partial charge in [-0.1, -0.05) is 36.4 Å². The van der Waals surface area contributed by atoms with Crippen molar-refractivity contribution in [2.45, 2.75) is 6.54 Å². The zero-order valence-corrected chi connectivity index (χ0v) is 23.1. The second-order valence-corrected chi connectivity index (χ2v) is 9.99. The number of nitrogens with zero attached hydrogens (tertiary/aromatic N) is 7. The van der Waals surface area contributed by atoms with Crippen LogP contribution in [0.1, 0.15) is 16.1 Å². The number of hydrazine groups is 1. The molecule has 1 saturated heterocycles. The molecule has 5 aromatic rings. The van der Waals surface area contributed by atoms with Crippen LogP contribution in [0, 0.1) is 5.82 Å². The van der Waals surface area contributed by atoms with E-state index in [-0.39, 0.29) is 22.3 Å². The summed E-state index contributed by atoms with van der Waals surface area (Å²) < 4.78 is 16.7. The molecule has 0 saturated carbocycles. The molecule has 6 rings (SSSR count). The summed E-state index contributed by atoms with van der Waals surface area (Å²) in [5, 5.41) is 5.90. The van der Waals surface area contributed by atoms with E-state index in [0.717, 1.165) is 33.8 Å². The number of rotatable bonds is 8.